The van der Waals surface area contributed by atoms with Crippen LogP contribution in [0.5, 0.6) is 17.2 Å². The zero-order valence-corrected chi connectivity index (χ0v) is 17.7. The van der Waals surface area contributed by atoms with Crippen molar-refractivity contribution < 1.29 is 19.0 Å². The molecule has 0 saturated carbocycles. The zero-order valence-electron chi connectivity index (χ0n) is 16.9. The predicted octanol–water partition coefficient (Wildman–Crippen LogP) is 4.04. The fraction of sp³-hybridized carbons (Fsp3) is 0.190. The minimum Gasteiger partial charge on any atom is -0.493 e. The second-order valence-electron chi connectivity index (χ2n) is 6.48. The third-order valence-corrected chi connectivity index (χ3v) is 5.40. The van der Waals surface area contributed by atoms with Crippen LogP contribution < -0.4 is 19.5 Å². The third-order valence-electron chi connectivity index (χ3n) is 4.58. The molecular weight excluding hydrogens is 404 g/mol. The molecule has 0 radical (unpaired) electrons. The molecule has 30 heavy (non-hydrogen) atoms. The van der Waals surface area contributed by atoms with E-state index in [1.807, 2.05) is 36.6 Å². The van der Waals surface area contributed by atoms with Gasteiger partial charge in [0.05, 0.1) is 27.0 Å². The molecule has 4 aromatic rings. The number of benzene rings is 2. The fourth-order valence-electron chi connectivity index (χ4n) is 3.04. The number of fused-ring (bicyclic) bond motifs is 1. The van der Waals surface area contributed by atoms with Gasteiger partial charge in [-0.25, -0.2) is 4.52 Å². The maximum atomic E-state index is 12.8. The number of aryl methyl sites for hydroxylation is 1. The minimum atomic E-state index is -0.385. The van der Waals surface area contributed by atoms with Crippen LogP contribution in [0.1, 0.15) is 15.9 Å². The minimum absolute atomic E-state index is 0.217. The highest BCUT2D eigenvalue weighted by molar-refractivity contribution is 7.15. The summed E-state index contributed by atoms with van der Waals surface area (Å²) in [6, 6.07) is 11.3. The highest BCUT2D eigenvalue weighted by Crippen LogP contribution is 2.38. The summed E-state index contributed by atoms with van der Waals surface area (Å²) in [5.74, 6) is 1.03. The smallest absolute Gasteiger partial charge is 0.258 e. The van der Waals surface area contributed by atoms with Gasteiger partial charge < -0.3 is 14.2 Å². The molecule has 0 saturated heterocycles. The van der Waals surface area contributed by atoms with Crippen LogP contribution in [0.3, 0.4) is 0 Å². The van der Waals surface area contributed by atoms with Crippen molar-refractivity contribution in [3.63, 3.8) is 0 Å². The van der Waals surface area contributed by atoms with Crippen LogP contribution in [0.25, 0.3) is 16.2 Å². The molecule has 0 atom stereocenters. The van der Waals surface area contributed by atoms with Crippen LogP contribution in [0.4, 0.5) is 5.95 Å². The average Bonchev–Trinajstić information content (AvgIpc) is 3.33. The Kier molecular flexibility index (Phi) is 5.28. The molecule has 0 bridgehead atoms. The van der Waals surface area contributed by atoms with Crippen molar-refractivity contribution in [1.29, 1.82) is 0 Å². The number of methoxy groups -OCH3 is 3. The molecule has 1 amide bonds. The molecule has 0 spiro atoms. The number of amides is 1. The molecule has 4 rings (SSSR count). The molecule has 154 valence electrons. The summed E-state index contributed by atoms with van der Waals surface area (Å²) in [6.45, 7) is 2.04. The summed E-state index contributed by atoms with van der Waals surface area (Å²) in [5.41, 5.74) is 3.46. The van der Waals surface area contributed by atoms with Crippen molar-refractivity contribution in [1.82, 2.24) is 14.6 Å². The van der Waals surface area contributed by atoms with Crippen molar-refractivity contribution in [2.24, 2.45) is 0 Å². The Balaban J connectivity index is 1.63. The second-order valence-corrected chi connectivity index (χ2v) is 7.32. The monoisotopic (exact) mass is 424 g/mol. The van der Waals surface area contributed by atoms with E-state index < -0.39 is 0 Å². The van der Waals surface area contributed by atoms with E-state index in [0.717, 1.165) is 11.3 Å². The number of carbonyl (C=O) groups excluding carboxylic acids is 1. The number of ether oxygens (including phenoxy) is 3. The summed E-state index contributed by atoms with van der Waals surface area (Å²) < 4.78 is 17.6. The van der Waals surface area contributed by atoms with Gasteiger partial charge in [-0.1, -0.05) is 29.8 Å². The highest BCUT2D eigenvalue weighted by Gasteiger charge is 2.19. The van der Waals surface area contributed by atoms with Crippen LogP contribution in [-0.2, 0) is 0 Å². The van der Waals surface area contributed by atoms with Crippen molar-refractivity contribution in [3.05, 3.63) is 52.9 Å². The van der Waals surface area contributed by atoms with E-state index in [-0.39, 0.29) is 11.9 Å². The first-order valence-electron chi connectivity index (χ1n) is 9.06. The molecule has 8 nitrogen and oxygen atoms in total. The lowest BCUT2D eigenvalue weighted by atomic mass is 10.1. The lowest BCUT2D eigenvalue weighted by molar-refractivity contribution is 0.102. The molecule has 9 heteroatoms. The third kappa shape index (κ3) is 3.55. The molecule has 1 N–H and O–H groups in total. The summed E-state index contributed by atoms with van der Waals surface area (Å²) in [6.07, 6.45) is 0. The Hall–Kier alpha value is -3.59. The molecule has 2 aromatic carbocycles. The van der Waals surface area contributed by atoms with Gasteiger partial charge in [-0.15, -0.1) is 16.4 Å². The maximum Gasteiger partial charge on any atom is 0.258 e. The predicted molar refractivity (Wildman–Crippen MR) is 115 cm³/mol. The van der Waals surface area contributed by atoms with Gasteiger partial charge in [-0.2, -0.15) is 4.98 Å². The van der Waals surface area contributed by atoms with Crippen molar-refractivity contribution in [3.8, 4) is 28.5 Å². The number of carbonyl (C=O) groups is 1. The Bertz CT molecular complexity index is 1190. The van der Waals surface area contributed by atoms with Gasteiger partial charge in [0.1, 0.15) is 0 Å². The van der Waals surface area contributed by atoms with E-state index in [1.54, 1.807) is 16.6 Å². The summed E-state index contributed by atoms with van der Waals surface area (Å²) in [5, 5.41) is 9.18. The number of rotatable bonds is 6. The zero-order chi connectivity index (χ0) is 21.3. The molecule has 2 aromatic heterocycles. The largest absolute Gasteiger partial charge is 0.493 e. The SMILES string of the molecule is COc1cc(C(=O)Nc2nc3scc(-c4ccc(C)cc4)n3n2)cc(OC)c1OC. The second kappa shape index (κ2) is 8.03. The lowest BCUT2D eigenvalue weighted by Crippen LogP contribution is -2.14. The number of anilines is 1. The van der Waals surface area contributed by atoms with E-state index >= 15 is 0 Å². The van der Waals surface area contributed by atoms with E-state index in [2.05, 4.69) is 15.4 Å². The van der Waals surface area contributed by atoms with Gasteiger partial charge in [0.15, 0.2) is 11.5 Å². The normalized spacial score (nSPS) is 10.8. The van der Waals surface area contributed by atoms with Gasteiger partial charge in [-0.05, 0) is 19.1 Å². The van der Waals surface area contributed by atoms with Gasteiger partial charge in [-0.3, -0.25) is 10.1 Å². The Morgan fingerprint density at radius 3 is 2.30 bits per heavy atom. The standard InChI is InChI=1S/C21H20N4O4S/c1-12-5-7-13(8-6-12)15-11-30-21-23-20(24-25(15)21)22-19(26)14-9-16(27-2)18(29-4)17(10-14)28-3/h5-11H,1-4H3,(H,22,24,26). The summed E-state index contributed by atoms with van der Waals surface area (Å²) >= 11 is 1.46. The first-order chi connectivity index (χ1) is 14.5. The van der Waals surface area contributed by atoms with E-state index in [0.29, 0.717) is 27.8 Å². The quantitative estimate of drug-likeness (QED) is 0.503. The van der Waals surface area contributed by atoms with Crippen LogP contribution >= 0.6 is 11.3 Å². The van der Waals surface area contributed by atoms with Gasteiger partial charge in [0.25, 0.3) is 11.9 Å². The number of aromatic nitrogens is 3. The molecule has 2 heterocycles. The van der Waals surface area contributed by atoms with Crippen molar-refractivity contribution in [2.45, 2.75) is 6.92 Å². The number of thiazole rings is 1. The van der Waals surface area contributed by atoms with Gasteiger partial charge >= 0.3 is 0 Å². The molecule has 0 unspecified atom stereocenters. The van der Waals surface area contributed by atoms with E-state index in [4.69, 9.17) is 14.2 Å². The van der Waals surface area contributed by atoms with Gasteiger partial charge in [0.2, 0.25) is 10.7 Å². The highest BCUT2D eigenvalue weighted by atomic mass is 32.1. The molecular formula is C21H20N4O4S. The summed E-state index contributed by atoms with van der Waals surface area (Å²) in [7, 11) is 4.50. The Morgan fingerprint density at radius 2 is 1.70 bits per heavy atom. The van der Waals surface area contributed by atoms with Crippen molar-refractivity contribution >= 4 is 28.2 Å². The first kappa shape index (κ1) is 19.7. The van der Waals surface area contributed by atoms with Crippen LogP contribution in [0.2, 0.25) is 0 Å². The number of hydrogen-bond donors (Lipinski definition) is 1. The average molecular weight is 424 g/mol. The Morgan fingerprint density at radius 1 is 1.03 bits per heavy atom. The Labute approximate surface area is 177 Å². The number of nitrogens with one attached hydrogen (secondary N) is 1. The fourth-order valence-corrected chi connectivity index (χ4v) is 3.87. The van der Waals surface area contributed by atoms with E-state index in [9.17, 15) is 4.79 Å². The van der Waals surface area contributed by atoms with E-state index in [1.165, 1.54) is 38.2 Å². The molecule has 0 aliphatic heterocycles. The van der Waals surface area contributed by atoms with Crippen LogP contribution in [0, 0.1) is 6.92 Å². The van der Waals surface area contributed by atoms with Crippen LogP contribution in [0.15, 0.2) is 41.8 Å². The lowest BCUT2D eigenvalue weighted by Gasteiger charge is -2.13. The van der Waals surface area contributed by atoms with Gasteiger partial charge in [0, 0.05) is 16.5 Å². The maximum absolute atomic E-state index is 12.8. The number of nitrogens with zero attached hydrogens (tertiary/aromatic N) is 3. The summed E-state index contributed by atoms with van der Waals surface area (Å²) in [4.78, 5) is 17.9. The topological polar surface area (TPSA) is 87.0 Å². The van der Waals surface area contributed by atoms with Crippen molar-refractivity contribution in [2.75, 3.05) is 26.6 Å². The number of hydrogen-bond acceptors (Lipinski definition) is 7. The molecule has 0 aliphatic rings. The van der Waals surface area contributed by atoms with Crippen LogP contribution in [-0.4, -0.2) is 41.8 Å². The molecule has 0 aliphatic carbocycles. The first-order valence-corrected chi connectivity index (χ1v) is 9.94. The molecule has 0 fully saturated rings.